The van der Waals surface area contributed by atoms with Gasteiger partial charge in [0.25, 0.3) is 0 Å². The van der Waals surface area contributed by atoms with Crippen molar-refractivity contribution in [1.82, 2.24) is 0 Å². The molecular formula is C25H44O20. The van der Waals surface area contributed by atoms with E-state index in [0.29, 0.717) is 0 Å². The van der Waals surface area contributed by atoms with Crippen LogP contribution in [0.15, 0.2) is 0 Å². The summed E-state index contributed by atoms with van der Waals surface area (Å²) in [5.41, 5.74) is -1.11. The standard InChI is InChI=1S/C5H12O4.4C5H8O4/c6-1-5(2-7,3-8)4-9;4*6-4(7)2-1-3-5(8)9/h6-9H,1-4H2;4*1-3H2,(H,6,7)(H,8,9). The average molecular weight is 665 g/mol. The lowest BCUT2D eigenvalue weighted by Crippen LogP contribution is -2.37. The van der Waals surface area contributed by atoms with Gasteiger partial charge in [-0.2, -0.15) is 0 Å². The van der Waals surface area contributed by atoms with Gasteiger partial charge in [0.05, 0.1) is 31.8 Å². The van der Waals surface area contributed by atoms with Crippen LogP contribution in [0.3, 0.4) is 0 Å². The Bertz CT molecular complexity index is 671. The monoisotopic (exact) mass is 664 g/mol. The van der Waals surface area contributed by atoms with Gasteiger partial charge >= 0.3 is 47.8 Å². The largest absolute Gasteiger partial charge is 0.481 e. The molecule has 0 atom stereocenters. The van der Waals surface area contributed by atoms with Crippen molar-refractivity contribution in [3.05, 3.63) is 0 Å². The van der Waals surface area contributed by atoms with Crippen LogP contribution in [0.25, 0.3) is 0 Å². The third kappa shape index (κ3) is 56.1. The molecule has 45 heavy (non-hydrogen) atoms. The Morgan fingerprint density at radius 3 is 0.444 bits per heavy atom. The molecule has 0 saturated heterocycles. The fraction of sp³-hybridized carbons (Fsp3) is 0.680. The van der Waals surface area contributed by atoms with E-state index in [1.165, 1.54) is 0 Å². The molecule has 0 aliphatic carbocycles. The Labute approximate surface area is 256 Å². The maximum atomic E-state index is 9.79. The molecule has 20 nitrogen and oxygen atoms in total. The summed E-state index contributed by atoms with van der Waals surface area (Å²) < 4.78 is 0. The Morgan fingerprint density at radius 2 is 0.400 bits per heavy atom. The highest BCUT2D eigenvalue weighted by Crippen LogP contribution is 2.11. The third-order valence-corrected chi connectivity index (χ3v) is 4.47. The zero-order valence-corrected chi connectivity index (χ0v) is 24.4. The minimum absolute atomic E-state index is 0.0632. The average Bonchev–Trinajstić information content (AvgIpc) is 2.90. The lowest BCUT2D eigenvalue weighted by molar-refractivity contribution is -0.140. The van der Waals surface area contributed by atoms with Gasteiger partial charge < -0.3 is 61.3 Å². The van der Waals surface area contributed by atoms with Crippen LogP contribution in [0.1, 0.15) is 77.0 Å². The van der Waals surface area contributed by atoms with Gasteiger partial charge in [0.2, 0.25) is 0 Å². The third-order valence-electron chi connectivity index (χ3n) is 4.47. The highest BCUT2D eigenvalue weighted by Gasteiger charge is 2.26. The Kier molecular flexibility index (Phi) is 38.1. The van der Waals surface area contributed by atoms with E-state index in [0.717, 1.165) is 0 Å². The van der Waals surface area contributed by atoms with E-state index in [-0.39, 0.29) is 77.0 Å². The van der Waals surface area contributed by atoms with Gasteiger partial charge in [0.15, 0.2) is 0 Å². The van der Waals surface area contributed by atoms with Gasteiger partial charge in [-0.15, -0.1) is 0 Å². The van der Waals surface area contributed by atoms with Crippen molar-refractivity contribution >= 4 is 47.8 Å². The maximum Gasteiger partial charge on any atom is 0.303 e. The summed E-state index contributed by atoms with van der Waals surface area (Å²) in [4.78, 5) is 78.3. The molecule has 0 spiro atoms. The molecule has 0 amide bonds. The summed E-state index contributed by atoms with van der Waals surface area (Å²) in [6.45, 7) is -1.62. The molecule has 12 N–H and O–H groups in total. The number of hydrogen-bond donors (Lipinski definition) is 12. The number of hydrogen-bond acceptors (Lipinski definition) is 12. The zero-order valence-electron chi connectivity index (χ0n) is 24.4. The van der Waals surface area contributed by atoms with Crippen molar-refractivity contribution in [3.63, 3.8) is 0 Å². The fourth-order valence-corrected chi connectivity index (χ4v) is 1.86. The molecule has 0 aromatic carbocycles. The minimum Gasteiger partial charge on any atom is -0.481 e. The first kappa shape index (κ1) is 50.2. The topological polar surface area (TPSA) is 379 Å². The number of carboxylic acid groups (broad SMARTS) is 8. The van der Waals surface area contributed by atoms with Crippen LogP contribution in [-0.2, 0) is 38.4 Å². The first-order valence-corrected chi connectivity index (χ1v) is 12.9. The number of carbonyl (C=O) groups is 8. The van der Waals surface area contributed by atoms with E-state index in [4.69, 9.17) is 61.3 Å². The molecule has 0 rings (SSSR count). The van der Waals surface area contributed by atoms with Crippen LogP contribution in [0.5, 0.6) is 0 Å². The maximum absolute atomic E-state index is 9.79. The van der Waals surface area contributed by atoms with Crippen LogP contribution in [0.4, 0.5) is 0 Å². The SMILES string of the molecule is O=C(O)CCCC(=O)O.O=C(O)CCCC(=O)O.O=C(O)CCCC(=O)O.O=C(O)CCCC(=O)O.OCC(CO)(CO)CO. The van der Waals surface area contributed by atoms with Crippen LogP contribution in [-0.4, -0.2) is 135 Å². The quantitative estimate of drug-likeness (QED) is 0.0760. The van der Waals surface area contributed by atoms with Crippen molar-refractivity contribution in [1.29, 1.82) is 0 Å². The lowest BCUT2D eigenvalue weighted by atomic mass is 9.93. The van der Waals surface area contributed by atoms with E-state index >= 15 is 0 Å². The molecule has 0 saturated carbocycles. The van der Waals surface area contributed by atoms with Crippen LogP contribution in [0.2, 0.25) is 0 Å². The molecule has 0 aliphatic rings. The second kappa shape index (κ2) is 34.1. The first-order valence-electron chi connectivity index (χ1n) is 12.9. The number of aliphatic hydroxyl groups excluding tert-OH is 4. The summed E-state index contributed by atoms with van der Waals surface area (Å²) in [5.74, 6) is -7.58. The van der Waals surface area contributed by atoms with Crippen molar-refractivity contribution in [2.45, 2.75) is 77.0 Å². The van der Waals surface area contributed by atoms with Crippen molar-refractivity contribution in [2.75, 3.05) is 26.4 Å². The summed E-state index contributed by atoms with van der Waals surface area (Å²) >= 11 is 0. The van der Waals surface area contributed by atoms with Gasteiger partial charge in [0, 0.05) is 51.4 Å². The van der Waals surface area contributed by atoms with E-state index in [1.807, 2.05) is 0 Å². The summed E-state index contributed by atoms with van der Waals surface area (Å²) in [5, 5.41) is 98.3. The van der Waals surface area contributed by atoms with Gasteiger partial charge in [-0.05, 0) is 25.7 Å². The summed E-state index contributed by atoms with van der Waals surface area (Å²) in [6, 6.07) is 0. The van der Waals surface area contributed by atoms with Crippen molar-refractivity contribution in [2.24, 2.45) is 5.41 Å². The normalized spacial score (nSPS) is 9.51. The van der Waals surface area contributed by atoms with Gasteiger partial charge in [-0.3, -0.25) is 38.4 Å². The van der Waals surface area contributed by atoms with E-state index < -0.39 is 79.6 Å². The molecule has 0 unspecified atom stereocenters. The fourth-order valence-electron chi connectivity index (χ4n) is 1.86. The lowest BCUT2D eigenvalue weighted by Gasteiger charge is -2.23. The molecule has 0 fully saturated rings. The van der Waals surface area contributed by atoms with E-state index in [9.17, 15) is 38.4 Å². The predicted octanol–water partition coefficient (Wildman–Crippen LogP) is -0.754. The number of aliphatic carboxylic acids is 8. The van der Waals surface area contributed by atoms with E-state index in [1.54, 1.807) is 0 Å². The van der Waals surface area contributed by atoms with Crippen molar-refractivity contribution < 1.29 is 99.6 Å². The molecule has 20 heteroatoms. The number of rotatable bonds is 20. The summed E-state index contributed by atoms with van der Waals surface area (Å²) in [6.07, 6.45) is 0.346. The van der Waals surface area contributed by atoms with Gasteiger partial charge in [-0.1, -0.05) is 0 Å². The molecule has 0 aromatic rings. The number of carboxylic acids is 8. The minimum atomic E-state index is -1.11. The second-order valence-electron chi connectivity index (χ2n) is 8.70. The predicted molar refractivity (Wildman–Crippen MR) is 147 cm³/mol. The Balaban J connectivity index is -0.000000148. The van der Waals surface area contributed by atoms with Crippen LogP contribution < -0.4 is 0 Å². The smallest absolute Gasteiger partial charge is 0.303 e. The Hall–Kier alpha value is -4.40. The van der Waals surface area contributed by atoms with E-state index in [2.05, 4.69) is 0 Å². The molecule has 0 radical (unpaired) electrons. The molecule has 0 aromatic heterocycles. The molecule has 264 valence electrons. The van der Waals surface area contributed by atoms with Gasteiger partial charge in [-0.25, -0.2) is 0 Å². The zero-order chi connectivity index (χ0) is 36.4. The Morgan fingerprint density at radius 1 is 0.289 bits per heavy atom. The molecule has 0 heterocycles. The number of aliphatic hydroxyl groups is 4. The molecule has 0 aliphatic heterocycles. The van der Waals surface area contributed by atoms with Crippen LogP contribution >= 0.6 is 0 Å². The molecule has 0 bridgehead atoms. The first-order chi connectivity index (χ1) is 20.7. The van der Waals surface area contributed by atoms with Gasteiger partial charge in [0.1, 0.15) is 0 Å². The summed E-state index contributed by atoms with van der Waals surface area (Å²) in [7, 11) is 0. The highest BCUT2D eigenvalue weighted by molar-refractivity contribution is 5.71. The second-order valence-corrected chi connectivity index (χ2v) is 8.70. The molecular weight excluding hydrogens is 620 g/mol. The highest BCUT2D eigenvalue weighted by atomic mass is 16.4. The van der Waals surface area contributed by atoms with Crippen molar-refractivity contribution in [3.8, 4) is 0 Å². The van der Waals surface area contributed by atoms with Crippen LogP contribution in [0, 0.1) is 5.41 Å².